The van der Waals surface area contributed by atoms with Crippen LogP contribution in [0, 0.1) is 6.92 Å². The maximum atomic E-state index is 12.1. The van der Waals surface area contributed by atoms with Crippen molar-refractivity contribution in [1.29, 1.82) is 0 Å². The largest absolute Gasteiger partial charge is 0.359 e. The summed E-state index contributed by atoms with van der Waals surface area (Å²) in [7, 11) is 0. The van der Waals surface area contributed by atoms with Crippen LogP contribution in [0.25, 0.3) is 0 Å². The van der Waals surface area contributed by atoms with Crippen LogP contribution in [0.3, 0.4) is 0 Å². The fourth-order valence-electron chi connectivity index (χ4n) is 1.86. The summed E-state index contributed by atoms with van der Waals surface area (Å²) >= 11 is 3.36. The van der Waals surface area contributed by atoms with Crippen molar-refractivity contribution in [3.63, 3.8) is 0 Å². The third-order valence-electron chi connectivity index (χ3n) is 2.95. The molecule has 0 saturated heterocycles. The summed E-state index contributed by atoms with van der Waals surface area (Å²) in [6.45, 7) is 3.93. The molecular formula is C17H16BrNO. The second-order valence-electron chi connectivity index (χ2n) is 4.64. The molecule has 0 aliphatic carbocycles. The zero-order valence-electron chi connectivity index (χ0n) is 11.5. The fourth-order valence-corrected chi connectivity index (χ4v) is 2.12. The normalized spacial score (nSPS) is 11.2. The quantitative estimate of drug-likeness (QED) is 0.634. The number of aryl methyl sites for hydroxylation is 1. The molecule has 0 heterocycles. The van der Waals surface area contributed by atoms with E-state index in [1.165, 1.54) is 0 Å². The van der Waals surface area contributed by atoms with Crippen molar-refractivity contribution in [2.24, 2.45) is 0 Å². The van der Waals surface area contributed by atoms with Gasteiger partial charge in [-0.05, 0) is 49.7 Å². The molecule has 3 heteroatoms. The van der Waals surface area contributed by atoms with Crippen LogP contribution in [-0.4, -0.2) is 5.78 Å². The Morgan fingerprint density at radius 3 is 2.40 bits per heavy atom. The third kappa shape index (κ3) is 3.81. The second kappa shape index (κ2) is 6.53. The summed E-state index contributed by atoms with van der Waals surface area (Å²) in [5.74, 6) is -0.00363. The molecule has 2 rings (SSSR count). The van der Waals surface area contributed by atoms with E-state index in [1.807, 2.05) is 62.4 Å². The number of carbonyl (C=O) groups is 1. The Bertz CT molecular complexity index is 644. The van der Waals surface area contributed by atoms with E-state index >= 15 is 0 Å². The Kier molecular flexibility index (Phi) is 4.74. The molecule has 0 radical (unpaired) electrons. The van der Waals surface area contributed by atoms with Gasteiger partial charge in [0, 0.05) is 27.5 Å². The van der Waals surface area contributed by atoms with Crippen LogP contribution in [0.4, 0.5) is 5.69 Å². The van der Waals surface area contributed by atoms with Crippen molar-refractivity contribution < 1.29 is 4.79 Å². The number of carbonyl (C=O) groups excluding carboxylic acids is 1. The predicted octanol–water partition coefficient (Wildman–Crippen LogP) is 4.96. The number of hydrogen-bond acceptors (Lipinski definition) is 2. The molecule has 0 aliphatic heterocycles. The molecule has 0 atom stereocenters. The minimum atomic E-state index is -0.00363. The van der Waals surface area contributed by atoms with Crippen LogP contribution < -0.4 is 5.32 Å². The first kappa shape index (κ1) is 14.5. The van der Waals surface area contributed by atoms with Crippen molar-refractivity contribution >= 4 is 27.4 Å². The molecule has 0 fully saturated rings. The molecule has 2 aromatic carbocycles. The van der Waals surface area contributed by atoms with Crippen LogP contribution in [-0.2, 0) is 0 Å². The van der Waals surface area contributed by atoms with Gasteiger partial charge in [-0.15, -0.1) is 0 Å². The van der Waals surface area contributed by atoms with Gasteiger partial charge in [-0.25, -0.2) is 0 Å². The Morgan fingerprint density at radius 2 is 1.75 bits per heavy atom. The lowest BCUT2D eigenvalue weighted by atomic mass is 10.1. The highest BCUT2D eigenvalue weighted by atomic mass is 79.9. The van der Waals surface area contributed by atoms with Crippen LogP contribution in [0.5, 0.6) is 0 Å². The van der Waals surface area contributed by atoms with E-state index in [4.69, 9.17) is 0 Å². The summed E-state index contributed by atoms with van der Waals surface area (Å²) in [6.07, 6.45) is 1.62. The molecule has 1 N–H and O–H groups in total. The molecule has 0 spiro atoms. The Balaban J connectivity index is 2.12. The Hall–Kier alpha value is -1.87. The zero-order chi connectivity index (χ0) is 14.5. The van der Waals surface area contributed by atoms with Gasteiger partial charge in [0.15, 0.2) is 5.78 Å². The smallest absolute Gasteiger partial charge is 0.187 e. The summed E-state index contributed by atoms with van der Waals surface area (Å²) in [6, 6.07) is 15.3. The Labute approximate surface area is 127 Å². The topological polar surface area (TPSA) is 29.1 Å². The summed E-state index contributed by atoms with van der Waals surface area (Å²) in [5.41, 5.74) is 3.67. The molecular weight excluding hydrogens is 314 g/mol. The van der Waals surface area contributed by atoms with Crippen molar-refractivity contribution in [2.45, 2.75) is 13.8 Å². The van der Waals surface area contributed by atoms with Gasteiger partial charge in [0.2, 0.25) is 0 Å². The van der Waals surface area contributed by atoms with Gasteiger partial charge in [-0.2, -0.15) is 0 Å². The molecule has 20 heavy (non-hydrogen) atoms. The number of allylic oxidation sites excluding steroid dienone is 2. The average molecular weight is 330 g/mol. The van der Waals surface area contributed by atoms with Crippen LogP contribution in [0.1, 0.15) is 22.8 Å². The average Bonchev–Trinajstić information content (AvgIpc) is 2.42. The lowest BCUT2D eigenvalue weighted by Crippen LogP contribution is -2.02. The van der Waals surface area contributed by atoms with E-state index in [-0.39, 0.29) is 5.78 Å². The molecule has 2 nitrogen and oxygen atoms in total. The standard InChI is InChI=1S/C17H16BrNO/c1-12-5-3-4-6-16(12)19-13(2)11-17(20)14-7-9-15(18)10-8-14/h3-11,19H,1-2H3. The van der Waals surface area contributed by atoms with Gasteiger partial charge in [0.25, 0.3) is 0 Å². The molecule has 102 valence electrons. The molecule has 0 bridgehead atoms. The molecule has 0 amide bonds. The second-order valence-corrected chi connectivity index (χ2v) is 5.55. The van der Waals surface area contributed by atoms with Gasteiger partial charge in [-0.3, -0.25) is 4.79 Å². The van der Waals surface area contributed by atoms with Crippen LogP contribution >= 0.6 is 15.9 Å². The number of ketones is 1. The minimum Gasteiger partial charge on any atom is -0.359 e. The van der Waals surface area contributed by atoms with Crippen molar-refractivity contribution in [1.82, 2.24) is 0 Å². The van der Waals surface area contributed by atoms with E-state index in [2.05, 4.69) is 21.2 Å². The first-order valence-electron chi connectivity index (χ1n) is 6.37. The lowest BCUT2D eigenvalue weighted by Gasteiger charge is -2.09. The maximum Gasteiger partial charge on any atom is 0.187 e. The molecule has 0 aromatic heterocycles. The van der Waals surface area contributed by atoms with Crippen LogP contribution in [0.15, 0.2) is 64.8 Å². The van der Waals surface area contributed by atoms with Gasteiger partial charge in [0.05, 0.1) is 0 Å². The van der Waals surface area contributed by atoms with Crippen LogP contribution in [0.2, 0.25) is 0 Å². The number of nitrogens with one attached hydrogen (secondary N) is 1. The van der Waals surface area contributed by atoms with E-state index in [0.29, 0.717) is 5.56 Å². The summed E-state index contributed by atoms with van der Waals surface area (Å²) in [4.78, 5) is 12.1. The zero-order valence-corrected chi connectivity index (χ0v) is 13.1. The number of hydrogen-bond donors (Lipinski definition) is 1. The van der Waals surface area contributed by atoms with Crippen molar-refractivity contribution in [2.75, 3.05) is 5.32 Å². The van der Waals surface area contributed by atoms with Crippen molar-refractivity contribution in [3.05, 3.63) is 75.9 Å². The first-order chi connectivity index (χ1) is 9.56. The Morgan fingerprint density at radius 1 is 1.10 bits per heavy atom. The third-order valence-corrected chi connectivity index (χ3v) is 3.48. The molecule has 2 aromatic rings. The number of halogens is 1. The van der Waals surface area contributed by atoms with Gasteiger partial charge in [-0.1, -0.05) is 34.1 Å². The molecule has 0 unspecified atom stereocenters. The highest BCUT2D eigenvalue weighted by molar-refractivity contribution is 9.10. The number of rotatable bonds is 4. The van der Waals surface area contributed by atoms with E-state index < -0.39 is 0 Å². The monoisotopic (exact) mass is 329 g/mol. The van der Waals surface area contributed by atoms with E-state index in [1.54, 1.807) is 6.08 Å². The fraction of sp³-hybridized carbons (Fsp3) is 0.118. The maximum absolute atomic E-state index is 12.1. The van der Waals surface area contributed by atoms with E-state index in [9.17, 15) is 4.79 Å². The number of anilines is 1. The highest BCUT2D eigenvalue weighted by Gasteiger charge is 2.04. The lowest BCUT2D eigenvalue weighted by molar-refractivity contribution is 0.104. The SMILES string of the molecule is CC(=CC(=O)c1ccc(Br)cc1)Nc1ccccc1C. The number of benzene rings is 2. The minimum absolute atomic E-state index is 0.00363. The molecule has 0 aliphatic rings. The van der Waals surface area contributed by atoms with Gasteiger partial charge >= 0.3 is 0 Å². The highest BCUT2D eigenvalue weighted by Crippen LogP contribution is 2.16. The van der Waals surface area contributed by atoms with Gasteiger partial charge < -0.3 is 5.32 Å². The van der Waals surface area contributed by atoms with E-state index in [0.717, 1.165) is 21.4 Å². The first-order valence-corrected chi connectivity index (χ1v) is 7.16. The molecule has 0 saturated carbocycles. The van der Waals surface area contributed by atoms with Crippen molar-refractivity contribution in [3.8, 4) is 0 Å². The predicted molar refractivity (Wildman–Crippen MR) is 87.0 cm³/mol. The summed E-state index contributed by atoms with van der Waals surface area (Å²) in [5, 5.41) is 3.25. The van der Waals surface area contributed by atoms with Gasteiger partial charge in [0.1, 0.15) is 0 Å². The number of para-hydroxylation sites is 1. The summed E-state index contributed by atoms with van der Waals surface area (Å²) < 4.78 is 0.966.